The van der Waals surface area contributed by atoms with Crippen molar-refractivity contribution in [1.82, 2.24) is 10.6 Å². The largest absolute Gasteiger partial charge is 0.358 e. The van der Waals surface area contributed by atoms with E-state index in [4.69, 9.17) is 0 Å². The Morgan fingerprint density at radius 1 is 1.28 bits per heavy atom. The van der Waals surface area contributed by atoms with Crippen LogP contribution in [0.2, 0.25) is 0 Å². The molecule has 0 aromatic heterocycles. The van der Waals surface area contributed by atoms with Gasteiger partial charge in [-0.1, -0.05) is 26.2 Å². The molecule has 0 aromatic carbocycles. The fraction of sp³-hybridized carbons (Fsp3) is 0.917. The van der Waals surface area contributed by atoms with Crippen molar-refractivity contribution in [2.24, 2.45) is 0 Å². The maximum atomic E-state index is 11.5. The number of amides is 1. The summed E-state index contributed by atoms with van der Waals surface area (Å²) in [7, 11) is -1.85. The maximum absolute atomic E-state index is 11.5. The molecule has 0 saturated carbocycles. The van der Waals surface area contributed by atoms with Crippen molar-refractivity contribution in [2.45, 2.75) is 45.6 Å². The molecule has 1 amide bonds. The molecule has 0 aliphatic carbocycles. The fourth-order valence-electron chi connectivity index (χ4n) is 1.61. The Labute approximate surface area is 111 Å². The lowest BCUT2D eigenvalue weighted by molar-refractivity contribution is -0.118. The third-order valence-electron chi connectivity index (χ3n) is 2.78. The molecule has 0 rings (SSSR count). The van der Waals surface area contributed by atoms with Crippen LogP contribution >= 0.6 is 0 Å². The number of hydrogen-bond acceptors (Lipinski definition) is 4. The van der Waals surface area contributed by atoms with E-state index in [0.717, 1.165) is 12.8 Å². The van der Waals surface area contributed by atoms with Gasteiger partial charge >= 0.3 is 0 Å². The van der Waals surface area contributed by atoms with Gasteiger partial charge in [0.05, 0.1) is 5.75 Å². The number of nitrogens with one attached hydrogen (secondary N) is 2. The molecule has 108 valence electrons. The van der Waals surface area contributed by atoms with Crippen molar-refractivity contribution < 1.29 is 13.2 Å². The quantitative estimate of drug-likeness (QED) is 0.577. The van der Waals surface area contributed by atoms with E-state index in [9.17, 15) is 13.2 Å². The molecule has 6 heteroatoms. The van der Waals surface area contributed by atoms with Gasteiger partial charge in [0.2, 0.25) is 5.91 Å². The summed E-state index contributed by atoms with van der Waals surface area (Å²) in [5.41, 5.74) is 0. The van der Waals surface area contributed by atoms with Crippen molar-refractivity contribution in [3.63, 3.8) is 0 Å². The van der Waals surface area contributed by atoms with E-state index in [0.29, 0.717) is 12.6 Å². The standard InChI is InChI=1S/C12H26N2O3S/c1-4-5-6-7-11(2)14-8-9-18(16,17)10-12(15)13-3/h11,14H,4-10H2,1-3H3,(H,13,15). The summed E-state index contributed by atoms with van der Waals surface area (Å²) in [6, 6.07) is 0.326. The average molecular weight is 278 g/mol. The second kappa shape index (κ2) is 9.33. The zero-order valence-electron chi connectivity index (χ0n) is 11.7. The maximum Gasteiger partial charge on any atom is 0.234 e. The minimum atomic E-state index is -3.29. The normalized spacial score (nSPS) is 13.3. The van der Waals surface area contributed by atoms with Crippen LogP contribution in [0.25, 0.3) is 0 Å². The Hall–Kier alpha value is -0.620. The highest BCUT2D eigenvalue weighted by Crippen LogP contribution is 2.02. The first-order chi connectivity index (χ1) is 8.41. The highest BCUT2D eigenvalue weighted by molar-refractivity contribution is 7.92. The molecule has 2 N–H and O–H groups in total. The molecule has 1 atom stereocenters. The van der Waals surface area contributed by atoms with Gasteiger partial charge in [-0.25, -0.2) is 8.42 Å². The van der Waals surface area contributed by atoms with Gasteiger partial charge in [-0.2, -0.15) is 0 Å². The molecule has 18 heavy (non-hydrogen) atoms. The van der Waals surface area contributed by atoms with Crippen LogP contribution in [0.4, 0.5) is 0 Å². The zero-order chi connectivity index (χ0) is 14.0. The van der Waals surface area contributed by atoms with Gasteiger partial charge in [0.15, 0.2) is 9.84 Å². The van der Waals surface area contributed by atoms with E-state index in [1.54, 1.807) is 0 Å². The van der Waals surface area contributed by atoms with Crippen LogP contribution in [-0.4, -0.2) is 45.5 Å². The van der Waals surface area contributed by atoms with Crippen LogP contribution in [0.1, 0.15) is 39.5 Å². The minimum Gasteiger partial charge on any atom is -0.358 e. The monoisotopic (exact) mass is 278 g/mol. The van der Waals surface area contributed by atoms with E-state index in [2.05, 4.69) is 24.5 Å². The summed E-state index contributed by atoms with van der Waals surface area (Å²) in [5, 5.41) is 5.49. The van der Waals surface area contributed by atoms with Gasteiger partial charge in [0.25, 0.3) is 0 Å². The first-order valence-corrected chi connectivity index (χ1v) is 8.37. The number of carbonyl (C=O) groups excluding carboxylic acids is 1. The van der Waals surface area contributed by atoms with Gasteiger partial charge in [-0.3, -0.25) is 4.79 Å². The van der Waals surface area contributed by atoms with Crippen LogP contribution < -0.4 is 10.6 Å². The number of sulfone groups is 1. The van der Waals surface area contributed by atoms with Gasteiger partial charge in [-0.05, 0) is 13.3 Å². The topological polar surface area (TPSA) is 75.3 Å². The van der Waals surface area contributed by atoms with Crippen LogP contribution in [0.15, 0.2) is 0 Å². The average Bonchev–Trinajstić information content (AvgIpc) is 2.28. The van der Waals surface area contributed by atoms with Crippen molar-refractivity contribution in [2.75, 3.05) is 25.1 Å². The van der Waals surface area contributed by atoms with Gasteiger partial charge < -0.3 is 10.6 Å². The Bertz CT molecular complexity index is 328. The number of unbranched alkanes of at least 4 members (excludes halogenated alkanes) is 2. The molecule has 5 nitrogen and oxygen atoms in total. The molecule has 1 unspecified atom stereocenters. The van der Waals surface area contributed by atoms with E-state index in [-0.39, 0.29) is 5.75 Å². The third kappa shape index (κ3) is 9.41. The van der Waals surface area contributed by atoms with Crippen molar-refractivity contribution in [3.8, 4) is 0 Å². The molecule has 0 aromatic rings. The lowest BCUT2D eigenvalue weighted by atomic mass is 10.1. The molecule has 0 saturated heterocycles. The molecule has 0 spiro atoms. The van der Waals surface area contributed by atoms with Crippen LogP contribution in [-0.2, 0) is 14.6 Å². The second-order valence-corrected chi connectivity index (χ2v) is 6.80. The molecule has 0 fully saturated rings. The predicted molar refractivity (Wildman–Crippen MR) is 74.3 cm³/mol. The van der Waals surface area contributed by atoms with E-state index in [1.165, 1.54) is 19.9 Å². The summed E-state index contributed by atoms with van der Waals surface area (Å²) < 4.78 is 23.1. The molecule has 0 aliphatic heterocycles. The lowest BCUT2D eigenvalue weighted by Gasteiger charge is -2.13. The first-order valence-electron chi connectivity index (χ1n) is 6.55. The minimum absolute atomic E-state index is 0.0124. The third-order valence-corrected chi connectivity index (χ3v) is 4.30. The van der Waals surface area contributed by atoms with Crippen molar-refractivity contribution in [1.29, 1.82) is 0 Å². The Morgan fingerprint density at radius 3 is 2.50 bits per heavy atom. The summed E-state index contributed by atoms with van der Waals surface area (Å²) >= 11 is 0. The number of hydrogen-bond donors (Lipinski definition) is 2. The Balaban J connectivity index is 3.78. The zero-order valence-corrected chi connectivity index (χ0v) is 12.5. The molecule has 0 aliphatic rings. The van der Waals surface area contributed by atoms with Gasteiger partial charge in [0.1, 0.15) is 5.75 Å². The Kier molecular flexibility index (Phi) is 9.01. The summed E-state index contributed by atoms with van der Waals surface area (Å²) in [4.78, 5) is 11.0. The van der Waals surface area contributed by atoms with Crippen molar-refractivity contribution in [3.05, 3.63) is 0 Å². The SMILES string of the molecule is CCCCCC(C)NCCS(=O)(=O)CC(=O)NC. The Morgan fingerprint density at radius 2 is 1.94 bits per heavy atom. The summed E-state index contributed by atoms with van der Waals surface area (Å²) in [6.07, 6.45) is 4.62. The van der Waals surface area contributed by atoms with Crippen LogP contribution in [0.5, 0.6) is 0 Å². The van der Waals surface area contributed by atoms with Gasteiger partial charge in [0, 0.05) is 19.6 Å². The highest BCUT2D eigenvalue weighted by Gasteiger charge is 2.15. The van der Waals surface area contributed by atoms with Crippen LogP contribution in [0.3, 0.4) is 0 Å². The van der Waals surface area contributed by atoms with Gasteiger partial charge in [-0.15, -0.1) is 0 Å². The molecule has 0 radical (unpaired) electrons. The molecular weight excluding hydrogens is 252 g/mol. The molecule has 0 bridgehead atoms. The summed E-state index contributed by atoms with van der Waals surface area (Å²) in [5.74, 6) is -0.862. The first kappa shape index (κ1) is 17.4. The fourth-order valence-corrected chi connectivity index (χ4v) is 2.72. The van der Waals surface area contributed by atoms with Crippen LogP contribution in [0, 0.1) is 0 Å². The lowest BCUT2D eigenvalue weighted by Crippen LogP contribution is -2.34. The molecule has 0 heterocycles. The van der Waals surface area contributed by atoms with E-state index in [1.807, 2.05) is 0 Å². The highest BCUT2D eigenvalue weighted by atomic mass is 32.2. The predicted octanol–water partition coefficient (Wildman–Crippen LogP) is 0.706. The van der Waals surface area contributed by atoms with E-state index < -0.39 is 21.5 Å². The number of carbonyl (C=O) groups is 1. The smallest absolute Gasteiger partial charge is 0.234 e. The molecular formula is C12H26N2O3S. The number of rotatable bonds is 10. The summed E-state index contributed by atoms with van der Waals surface area (Å²) in [6.45, 7) is 4.62. The van der Waals surface area contributed by atoms with E-state index >= 15 is 0 Å². The second-order valence-electron chi connectivity index (χ2n) is 4.62. The van der Waals surface area contributed by atoms with Crippen molar-refractivity contribution >= 4 is 15.7 Å².